The third-order valence-electron chi connectivity index (χ3n) is 3.67. The van der Waals surface area contributed by atoms with Crippen LogP contribution in [0.15, 0.2) is 33.9 Å². The first-order valence-electron chi connectivity index (χ1n) is 7.91. The number of nitrogens with two attached hydrogens (primary N) is 1. The number of aliphatic hydroxyl groups excluding tert-OH is 1. The first-order valence-corrected chi connectivity index (χ1v) is 7.91. The van der Waals surface area contributed by atoms with Crippen molar-refractivity contribution in [1.29, 1.82) is 0 Å². The summed E-state index contributed by atoms with van der Waals surface area (Å²) in [4.78, 5) is 49.9. The van der Waals surface area contributed by atoms with Crippen LogP contribution in [-0.4, -0.2) is 33.0 Å². The Morgan fingerprint density at radius 3 is 2.46 bits per heavy atom. The monoisotopic (exact) mass is 361 g/mol. The third kappa shape index (κ3) is 4.06. The number of hydrogen-bond donors (Lipinski definition) is 3. The molecule has 0 fully saturated rings. The SMILES string of the molecule is CCCn1c(N)c(C(=O)COC(=O)c2ccc(CO)cc2)c(=O)[nH]c1=O. The Bertz CT molecular complexity index is 927. The van der Waals surface area contributed by atoms with Gasteiger partial charge < -0.3 is 15.6 Å². The van der Waals surface area contributed by atoms with Crippen molar-refractivity contribution >= 4 is 17.6 Å². The van der Waals surface area contributed by atoms with Crippen LogP contribution < -0.4 is 17.0 Å². The second-order valence-corrected chi connectivity index (χ2v) is 5.53. The summed E-state index contributed by atoms with van der Waals surface area (Å²) in [5.41, 5.74) is 4.55. The van der Waals surface area contributed by atoms with E-state index in [9.17, 15) is 19.2 Å². The Hall–Kier alpha value is -3.20. The molecule has 2 aromatic rings. The van der Waals surface area contributed by atoms with Crippen LogP contribution in [0.2, 0.25) is 0 Å². The minimum atomic E-state index is -0.923. The Balaban J connectivity index is 2.17. The summed E-state index contributed by atoms with van der Waals surface area (Å²) in [5, 5.41) is 8.97. The minimum Gasteiger partial charge on any atom is -0.454 e. The molecule has 0 saturated heterocycles. The van der Waals surface area contributed by atoms with Gasteiger partial charge in [-0.2, -0.15) is 0 Å². The van der Waals surface area contributed by atoms with Gasteiger partial charge in [0, 0.05) is 6.54 Å². The van der Waals surface area contributed by atoms with Gasteiger partial charge in [0.15, 0.2) is 6.61 Å². The summed E-state index contributed by atoms with van der Waals surface area (Å²) in [6.07, 6.45) is 0.572. The number of Topliss-reactive ketones (excluding diaryl/α,β-unsaturated/α-hetero) is 1. The maximum atomic E-state index is 12.3. The topological polar surface area (TPSA) is 144 Å². The summed E-state index contributed by atoms with van der Waals surface area (Å²) in [6, 6.07) is 5.98. The number of nitrogens with zero attached hydrogens (tertiary/aromatic N) is 1. The van der Waals surface area contributed by atoms with Gasteiger partial charge in [-0.15, -0.1) is 0 Å². The van der Waals surface area contributed by atoms with Crippen LogP contribution in [0.5, 0.6) is 0 Å². The number of nitrogen functional groups attached to an aromatic ring is 1. The number of anilines is 1. The van der Waals surface area contributed by atoms with E-state index in [1.807, 2.05) is 11.9 Å². The molecule has 1 aromatic heterocycles. The molecule has 4 N–H and O–H groups in total. The van der Waals surface area contributed by atoms with Crippen LogP contribution in [0.25, 0.3) is 0 Å². The lowest BCUT2D eigenvalue weighted by Crippen LogP contribution is -2.37. The minimum absolute atomic E-state index is 0.163. The van der Waals surface area contributed by atoms with Crippen LogP contribution in [0, 0.1) is 0 Å². The van der Waals surface area contributed by atoms with E-state index in [-0.39, 0.29) is 24.5 Å². The second kappa shape index (κ2) is 8.26. The number of esters is 1. The molecular formula is C17H19N3O6. The Morgan fingerprint density at radius 2 is 1.88 bits per heavy atom. The number of aromatic amines is 1. The highest BCUT2D eigenvalue weighted by atomic mass is 16.5. The Kier molecular flexibility index (Phi) is 6.07. The molecule has 0 radical (unpaired) electrons. The molecule has 0 aliphatic carbocycles. The average Bonchev–Trinajstić information content (AvgIpc) is 2.63. The second-order valence-electron chi connectivity index (χ2n) is 5.53. The fourth-order valence-electron chi connectivity index (χ4n) is 2.34. The molecule has 1 heterocycles. The summed E-state index contributed by atoms with van der Waals surface area (Å²) in [7, 11) is 0. The first kappa shape index (κ1) is 19.1. The number of ether oxygens (including phenoxy) is 1. The van der Waals surface area contributed by atoms with Crippen LogP contribution in [0.4, 0.5) is 5.82 Å². The van der Waals surface area contributed by atoms with Crippen LogP contribution in [0.1, 0.15) is 39.6 Å². The van der Waals surface area contributed by atoms with Gasteiger partial charge in [0.2, 0.25) is 5.78 Å². The number of ketones is 1. The summed E-state index contributed by atoms with van der Waals surface area (Å²) in [6.45, 7) is 1.18. The van der Waals surface area contributed by atoms with Crippen molar-refractivity contribution in [3.8, 4) is 0 Å². The number of carbonyl (C=O) groups is 2. The zero-order valence-corrected chi connectivity index (χ0v) is 14.2. The number of aliphatic hydroxyl groups is 1. The standard InChI is InChI=1S/C17H19N3O6/c1-2-7-20-14(18)13(15(23)19-17(20)25)12(22)9-26-16(24)11-5-3-10(8-21)4-6-11/h3-6,21H,2,7-9,18H2,1H3,(H,19,23,25). The number of nitrogens with one attached hydrogen (secondary N) is 1. The molecule has 0 amide bonds. The number of H-pyrrole nitrogens is 1. The van der Waals surface area contributed by atoms with Gasteiger partial charge in [0.25, 0.3) is 5.56 Å². The van der Waals surface area contributed by atoms with Gasteiger partial charge in [-0.25, -0.2) is 9.59 Å². The van der Waals surface area contributed by atoms with Crippen molar-refractivity contribution < 1.29 is 19.4 Å². The molecule has 0 spiro atoms. The Labute approximate surface area is 148 Å². The van der Waals surface area contributed by atoms with Crippen LogP contribution in [0.3, 0.4) is 0 Å². The fraction of sp³-hybridized carbons (Fsp3) is 0.294. The molecule has 0 aliphatic heterocycles. The zero-order valence-electron chi connectivity index (χ0n) is 14.2. The lowest BCUT2D eigenvalue weighted by atomic mass is 10.1. The highest BCUT2D eigenvalue weighted by molar-refractivity contribution is 6.02. The molecule has 9 nitrogen and oxygen atoms in total. The van der Waals surface area contributed by atoms with Gasteiger partial charge in [-0.1, -0.05) is 19.1 Å². The van der Waals surface area contributed by atoms with E-state index in [1.54, 1.807) is 12.1 Å². The maximum Gasteiger partial charge on any atom is 0.338 e. The van der Waals surface area contributed by atoms with Crippen molar-refractivity contribution in [2.24, 2.45) is 0 Å². The normalized spacial score (nSPS) is 10.5. The predicted molar refractivity (Wildman–Crippen MR) is 93.0 cm³/mol. The lowest BCUT2D eigenvalue weighted by Gasteiger charge is -2.11. The number of carbonyl (C=O) groups excluding carboxylic acids is 2. The molecule has 2 rings (SSSR count). The van der Waals surface area contributed by atoms with Crippen molar-refractivity contribution in [1.82, 2.24) is 9.55 Å². The molecule has 0 unspecified atom stereocenters. The molecule has 0 saturated carbocycles. The molecule has 138 valence electrons. The van der Waals surface area contributed by atoms with E-state index in [0.29, 0.717) is 12.0 Å². The van der Waals surface area contributed by atoms with Gasteiger partial charge in [-0.3, -0.25) is 19.1 Å². The molecule has 1 aromatic carbocycles. The van der Waals surface area contributed by atoms with Gasteiger partial charge in [0.05, 0.1) is 12.2 Å². The van der Waals surface area contributed by atoms with Crippen LogP contribution >= 0.6 is 0 Å². The average molecular weight is 361 g/mol. The third-order valence-corrected chi connectivity index (χ3v) is 3.67. The maximum absolute atomic E-state index is 12.3. The van der Waals surface area contributed by atoms with E-state index < -0.39 is 35.2 Å². The molecular weight excluding hydrogens is 342 g/mol. The van der Waals surface area contributed by atoms with Crippen LogP contribution in [-0.2, 0) is 17.9 Å². The number of rotatable bonds is 7. The number of aromatic nitrogens is 2. The predicted octanol–water partition coefficient (Wildman–Crippen LogP) is 0.0608. The van der Waals surface area contributed by atoms with Gasteiger partial charge >= 0.3 is 11.7 Å². The molecule has 9 heteroatoms. The molecule has 26 heavy (non-hydrogen) atoms. The molecule has 0 bridgehead atoms. The summed E-state index contributed by atoms with van der Waals surface area (Å²) in [5.74, 6) is -1.83. The van der Waals surface area contributed by atoms with E-state index in [4.69, 9.17) is 15.6 Å². The van der Waals surface area contributed by atoms with Crippen molar-refractivity contribution in [2.45, 2.75) is 26.5 Å². The number of hydrogen-bond acceptors (Lipinski definition) is 7. The van der Waals surface area contributed by atoms with E-state index in [1.165, 1.54) is 12.1 Å². The number of benzene rings is 1. The fourth-order valence-corrected chi connectivity index (χ4v) is 2.34. The van der Waals surface area contributed by atoms with E-state index >= 15 is 0 Å². The van der Waals surface area contributed by atoms with Crippen molar-refractivity contribution in [3.05, 3.63) is 61.8 Å². The van der Waals surface area contributed by atoms with E-state index in [2.05, 4.69) is 0 Å². The first-order chi connectivity index (χ1) is 12.4. The highest BCUT2D eigenvalue weighted by Crippen LogP contribution is 2.09. The Morgan fingerprint density at radius 1 is 1.23 bits per heavy atom. The molecule has 0 atom stereocenters. The van der Waals surface area contributed by atoms with Crippen molar-refractivity contribution in [3.63, 3.8) is 0 Å². The van der Waals surface area contributed by atoms with Gasteiger partial charge in [0.1, 0.15) is 11.4 Å². The quantitative estimate of drug-likeness (QED) is 0.467. The lowest BCUT2D eigenvalue weighted by molar-refractivity contribution is 0.0474. The highest BCUT2D eigenvalue weighted by Gasteiger charge is 2.20. The van der Waals surface area contributed by atoms with Crippen molar-refractivity contribution in [2.75, 3.05) is 12.3 Å². The molecule has 0 aliphatic rings. The summed E-state index contributed by atoms with van der Waals surface area (Å²) < 4.78 is 6.00. The summed E-state index contributed by atoms with van der Waals surface area (Å²) >= 11 is 0. The smallest absolute Gasteiger partial charge is 0.338 e. The van der Waals surface area contributed by atoms with Gasteiger partial charge in [-0.05, 0) is 24.1 Å². The van der Waals surface area contributed by atoms with E-state index in [0.717, 1.165) is 4.57 Å². The zero-order chi connectivity index (χ0) is 19.3. The largest absolute Gasteiger partial charge is 0.454 e.